The lowest BCUT2D eigenvalue weighted by Gasteiger charge is -2.40. The molecule has 0 aliphatic carbocycles. The van der Waals surface area contributed by atoms with Gasteiger partial charge in [-0.25, -0.2) is 0 Å². The molecule has 10 nitrogen and oxygen atoms in total. The van der Waals surface area contributed by atoms with Gasteiger partial charge in [0.25, 0.3) is 0 Å². The van der Waals surface area contributed by atoms with E-state index in [2.05, 4.69) is 26.9 Å². The fourth-order valence-corrected chi connectivity index (χ4v) is 3.24. The van der Waals surface area contributed by atoms with Gasteiger partial charge in [-0.3, -0.25) is 19.8 Å². The molecule has 0 atom stereocenters. The Kier molecular flexibility index (Phi) is 9.24. The van der Waals surface area contributed by atoms with E-state index in [0.717, 1.165) is 25.7 Å². The minimum Gasteiger partial charge on any atom is -0.369 e. The summed E-state index contributed by atoms with van der Waals surface area (Å²) in [4.78, 5) is 19.2. The first-order valence-electron chi connectivity index (χ1n) is 9.97. The van der Waals surface area contributed by atoms with Gasteiger partial charge in [0.2, 0.25) is 24.3 Å². The van der Waals surface area contributed by atoms with Gasteiger partial charge in [-0.05, 0) is 37.1 Å². The number of aliphatic imine (C=N–C) groups is 2. The van der Waals surface area contributed by atoms with Crippen molar-refractivity contribution in [2.45, 2.75) is 45.2 Å². The Bertz CT molecular complexity index is 870. The van der Waals surface area contributed by atoms with Crippen LogP contribution in [-0.4, -0.2) is 28.1 Å². The molecule has 0 aromatic carbocycles. The maximum absolute atomic E-state index is 9.13. The molecule has 2 rings (SSSR count). The predicted octanol–water partition coefficient (Wildman–Crippen LogP) is 2.68. The molecule has 2 aromatic heterocycles. The van der Waals surface area contributed by atoms with Gasteiger partial charge in [0.1, 0.15) is 6.17 Å². The van der Waals surface area contributed by atoms with Gasteiger partial charge in [0, 0.05) is 12.4 Å². The number of nitrogens with zero attached hydrogens (tertiary/aromatic N) is 8. The summed E-state index contributed by atoms with van der Waals surface area (Å²) in [5, 5.41) is 18.3. The molecule has 0 saturated carbocycles. The van der Waals surface area contributed by atoms with Gasteiger partial charge in [-0.2, -0.15) is 10.5 Å². The molecule has 31 heavy (non-hydrogen) atoms. The average Bonchev–Trinajstić information content (AvgIpc) is 2.78. The standard InChI is InChI=1S/C21H26N10/c1-2-3-4-5-10-19(30(20(24)28-15-22)17-8-6-11-26-13-17)31(21(25)29-16-23)18-9-7-12-27-14-18/h6-9,11-14,19H,2-5,10H2,1H3,(H2,24,28)(H2,25,29). The highest BCUT2D eigenvalue weighted by Gasteiger charge is 2.31. The monoisotopic (exact) mass is 418 g/mol. The smallest absolute Gasteiger partial charge is 0.213 e. The number of nitriles is 2. The molecule has 160 valence electrons. The highest BCUT2D eigenvalue weighted by molar-refractivity contribution is 6.01. The maximum Gasteiger partial charge on any atom is 0.213 e. The summed E-state index contributed by atoms with van der Waals surface area (Å²) in [5.74, 6) is -0.0377. The van der Waals surface area contributed by atoms with Crippen molar-refractivity contribution in [3.8, 4) is 12.4 Å². The summed E-state index contributed by atoms with van der Waals surface area (Å²) in [6.45, 7) is 2.14. The molecule has 0 spiro atoms. The molecule has 0 unspecified atom stereocenters. The van der Waals surface area contributed by atoms with Gasteiger partial charge in [-0.1, -0.05) is 26.2 Å². The van der Waals surface area contributed by atoms with Gasteiger partial charge >= 0.3 is 0 Å². The van der Waals surface area contributed by atoms with Crippen LogP contribution >= 0.6 is 0 Å². The van der Waals surface area contributed by atoms with Crippen molar-refractivity contribution in [3.63, 3.8) is 0 Å². The molecule has 2 aromatic rings. The number of anilines is 2. The van der Waals surface area contributed by atoms with E-state index in [4.69, 9.17) is 22.0 Å². The number of pyridine rings is 2. The fourth-order valence-electron chi connectivity index (χ4n) is 3.24. The predicted molar refractivity (Wildman–Crippen MR) is 120 cm³/mol. The lowest BCUT2D eigenvalue weighted by atomic mass is 10.1. The molecule has 2 heterocycles. The second-order valence-corrected chi connectivity index (χ2v) is 6.63. The third-order valence-corrected chi connectivity index (χ3v) is 4.58. The molecule has 0 radical (unpaired) electrons. The Hall–Kier alpha value is -4.18. The zero-order valence-corrected chi connectivity index (χ0v) is 17.5. The summed E-state index contributed by atoms with van der Waals surface area (Å²) < 4.78 is 0. The second kappa shape index (κ2) is 12.4. The maximum atomic E-state index is 9.13. The number of unbranched alkanes of at least 4 members (excludes halogenated alkanes) is 3. The van der Waals surface area contributed by atoms with E-state index < -0.39 is 6.17 Å². The zero-order chi connectivity index (χ0) is 22.5. The Morgan fingerprint density at radius 1 is 0.935 bits per heavy atom. The van der Waals surface area contributed by atoms with E-state index in [1.807, 2.05) is 12.1 Å². The van der Waals surface area contributed by atoms with E-state index in [-0.39, 0.29) is 11.9 Å². The lowest BCUT2D eigenvalue weighted by Crippen LogP contribution is -2.57. The van der Waals surface area contributed by atoms with Gasteiger partial charge in [0.15, 0.2) is 0 Å². The van der Waals surface area contributed by atoms with Crippen LogP contribution in [0.2, 0.25) is 0 Å². The summed E-state index contributed by atoms with van der Waals surface area (Å²) in [6.07, 6.45) is 14.1. The van der Waals surface area contributed by atoms with Crippen LogP contribution in [0.1, 0.15) is 39.0 Å². The van der Waals surface area contributed by atoms with E-state index in [0.29, 0.717) is 17.8 Å². The first kappa shape index (κ1) is 23.1. The molecule has 0 saturated heterocycles. The number of hydrogen-bond acceptors (Lipinski definition) is 6. The lowest BCUT2D eigenvalue weighted by molar-refractivity contribution is 0.552. The number of nitrogens with two attached hydrogens (primary N) is 2. The second-order valence-electron chi connectivity index (χ2n) is 6.63. The minimum atomic E-state index is -0.528. The van der Waals surface area contributed by atoms with E-state index in [1.54, 1.807) is 59.1 Å². The van der Waals surface area contributed by atoms with E-state index in [1.165, 1.54) is 0 Å². The molecular formula is C21H26N10. The molecule has 0 amide bonds. The van der Waals surface area contributed by atoms with Crippen LogP contribution in [0.4, 0.5) is 11.4 Å². The normalized spacial score (nSPS) is 12.5. The molecule has 4 N–H and O–H groups in total. The van der Waals surface area contributed by atoms with E-state index >= 15 is 0 Å². The molecule has 0 fully saturated rings. The fraction of sp³-hybridized carbons (Fsp3) is 0.333. The van der Waals surface area contributed by atoms with Crippen molar-refractivity contribution in [2.24, 2.45) is 21.5 Å². The van der Waals surface area contributed by atoms with Crippen LogP contribution in [0.15, 0.2) is 59.0 Å². The summed E-state index contributed by atoms with van der Waals surface area (Å²) in [6, 6.07) is 7.14. The highest BCUT2D eigenvalue weighted by atomic mass is 15.4. The summed E-state index contributed by atoms with van der Waals surface area (Å²) in [5.41, 5.74) is 13.7. The van der Waals surface area contributed by atoms with Gasteiger partial charge in [-0.15, -0.1) is 9.98 Å². The number of guanidine groups is 2. The van der Waals surface area contributed by atoms with Crippen molar-refractivity contribution in [1.29, 1.82) is 10.5 Å². The van der Waals surface area contributed by atoms with Crippen LogP contribution < -0.4 is 21.3 Å². The largest absolute Gasteiger partial charge is 0.369 e. The Labute approximate surface area is 182 Å². The zero-order valence-electron chi connectivity index (χ0n) is 17.5. The number of aromatic nitrogens is 2. The van der Waals surface area contributed by atoms with Crippen LogP contribution in [0.5, 0.6) is 0 Å². The number of hydrogen-bond donors (Lipinski definition) is 2. The Morgan fingerprint density at radius 3 is 1.84 bits per heavy atom. The van der Waals surface area contributed by atoms with Gasteiger partial charge in [0.05, 0.1) is 23.8 Å². The van der Waals surface area contributed by atoms with Crippen molar-refractivity contribution < 1.29 is 0 Å². The molecule has 10 heteroatoms. The highest BCUT2D eigenvalue weighted by Crippen LogP contribution is 2.26. The average molecular weight is 419 g/mol. The third-order valence-electron chi connectivity index (χ3n) is 4.58. The topological polar surface area (TPSA) is 157 Å². The van der Waals surface area contributed by atoms with Crippen LogP contribution in [0.3, 0.4) is 0 Å². The minimum absolute atomic E-state index is 0.0189. The quantitative estimate of drug-likeness (QED) is 0.207. The molecule has 0 bridgehead atoms. The Morgan fingerprint density at radius 2 is 1.45 bits per heavy atom. The Balaban J connectivity index is 2.63. The third kappa shape index (κ3) is 6.41. The summed E-state index contributed by atoms with van der Waals surface area (Å²) >= 11 is 0. The van der Waals surface area contributed by atoms with Crippen molar-refractivity contribution in [3.05, 3.63) is 49.1 Å². The van der Waals surface area contributed by atoms with Crippen molar-refractivity contribution in [2.75, 3.05) is 9.80 Å². The van der Waals surface area contributed by atoms with Crippen molar-refractivity contribution in [1.82, 2.24) is 9.97 Å². The first-order chi connectivity index (χ1) is 15.1. The van der Waals surface area contributed by atoms with Crippen molar-refractivity contribution >= 4 is 23.3 Å². The van der Waals surface area contributed by atoms with Crippen LogP contribution in [0, 0.1) is 22.9 Å². The van der Waals surface area contributed by atoms with Crippen LogP contribution in [-0.2, 0) is 0 Å². The van der Waals surface area contributed by atoms with E-state index in [9.17, 15) is 0 Å². The SMILES string of the molecule is CCCCCCC(N(C(N)=NC#N)c1cccnc1)N(C(N)=NC#N)c1cccnc1. The summed E-state index contributed by atoms with van der Waals surface area (Å²) in [7, 11) is 0. The molecular weight excluding hydrogens is 392 g/mol. The molecule has 0 aliphatic rings. The van der Waals surface area contributed by atoms with Gasteiger partial charge < -0.3 is 11.5 Å². The van der Waals surface area contributed by atoms with Crippen LogP contribution in [0.25, 0.3) is 0 Å². The number of rotatable bonds is 9. The molecule has 0 aliphatic heterocycles. The first-order valence-corrected chi connectivity index (χ1v) is 9.97.